The molecule has 0 bridgehead atoms. The highest BCUT2D eigenvalue weighted by Gasteiger charge is 2.02. The first-order valence-corrected chi connectivity index (χ1v) is 6.05. The monoisotopic (exact) mass is 218 g/mol. The first-order valence-electron chi connectivity index (χ1n) is 6.05. The van der Waals surface area contributed by atoms with E-state index in [-0.39, 0.29) is 0 Å². The predicted molar refractivity (Wildman–Crippen MR) is 70.2 cm³/mol. The van der Waals surface area contributed by atoms with Crippen LogP contribution >= 0.6 is 0 Å². The van der Waals surface area contributed by atoms with E-state index in [1.807, 2.05) is 18.5 Å². The molecule has 0 amide bonds. The van der Waals surface area contributed by atoms with E-state index in [1.165, 1.54) is 17.6 Å². The molecule has 0 radical (unpaired) electrons. The molecular formula is C14H22N2. The van der Waals surface area contributed by atoms with Gasteiger partial charge >= 0.3 is 0 Å². The number of nitrogens with zero attached hydrogens (tertiary/aromatic N) is 1. The Morgan fingerprint density at radius 1 is 1.50 bits per heavy atom. The molecule has 88 valence electrons. The first-order chi connectivity index (χ1) is 7.74. The zero-order chi connectivity index (χ0) is 11.8. The van der Waals surface area contributed by atoms with Gasteiger partial charge in [-0.2, -0.15) is 0 Å². The normalized spacial score (nSPS) is 12.1. The second-order valence-corrected chi connectivity index (χ2v) is 4.34. The number of hydrogen-bond donors (Lipinski definition) is 1. The first kappa shape index (κ1) is 12.9. The smallest absolute Gasteiger partial charge is 0.0340 e. The predicted octanol–water partition coefficient (Wildman–Crippen LogP) is 3.12. The molecule has 1 N–H and O–H groups in total. The molecule has 0 fully saturated rings. The van der Waals surface area contributed by atoms with Crippen molar-refractivity contribution in [3.05, 3.63) is 35.7 Å². The molecule has 0 saturated carbocycles. The largest absolute Gasteiger partial charge is 0.313 e. The molecule has 0 aliphatic rings. The highest BCUT2D eigenvalue weighted by Crippen LogP contribution is 2.13. The van der Waals surface area contributed by atoms with Crippen LogP contribution in [0.5, 0.6) is 0 Å². The summed E-state index contributed by atoms with van der Waals surface area (Å²) in [6.45, 7) is 8.70. The zero-order valence-corrected chi connectivity index (χ0v) is 10.5. The van der Waals surface area contributed by atoms with Crippen LogP contribution in [0.15, 0.2) is 30.1 Å². The Morgan fingerprint density at radius 2 is 2.31 bits per heavy atom. The van der Waals surface area contributed by atoms with E-state index in [0.29, 0.717) is 5.92 Å². The van der Waals surface area contributed by atoms with E-state index >= 15 is 0 Å². The van der Waals surface area contributed by atoms with Crippen LogP contribution in [0.1, 0.15) is 32.8 Å². The Hall–Kier alpha value is -1.15. The molecule has 0 atom stereocenters. The van der Waals surface area contributed by atoms with Gasteiger partial charge < -0.3 is 5.32 Å². The number of aromatic nitrogens is 1. The summed E-state index contributed by atoms with van der Waals surface area (Å²) in [5.41, 5.74) is 2.62. The molecule has 2 heteroatoms. The Balaban J connectivity index is 2.66. The van der Waals surface area contributed by atoms with Crippen molar-refractivity contribution in [2.75, 3.05) is 13.1 Å². The zero-order valence-electron chi connectivity index (χ0n) is 10.5. The lowest BCUT2D eigenvalue weighted by Crippen LogP contribution is -2.19. The molecule has 0 aromatic carbocycles. The Kier molecular flexibility index (Phi) is 5.79. The van der Waals surface area contributed by atoms with Gasteiger partial charge in [-0.05, 0) is 30.5 Å². The minimum atomic E-state index is 0.574. The van der Waals surface area contributed by atoms with Gasteiger partial charge in [-0.1, -0.05) is 38.5 Å². The summed E-state index contributed by atoms with van der Waals surface area (Å²) in [6.07, 6.45) is 7.13. The molecule has 0 aliphatic carbocycles. The van der Waals surface area contributed by atoms with Gasteiger partial charge in [-0.3, -0.25) is 4.98 Å². The van der Waals surface area contributed by atoms with Crippen LogP contribution in [-0.4, -0.2) is 18.1 Å². The maximum Gasteiger partial charge on any atom is 0.0340 e. The highest BCUT2D eigenvalue weighted by molar-refractivity contribution is 5.52. The Labute approximate surface area is 98.8 Å². The summed E-state index contributed by atoms with van der Waals surface area (Å²) in [7, 11) is 0. The molecule has 0 spiro atoms. The van der Waals surface area contributed by atoms with E-state index in [1.54, 1.807) is 0 Å². The second-order valence-electron chi connectivity index (χ2n) is 4.34. The minimum absolute atomic E-state index is 0.574. The van der Waals surface area contributed by atoms with Gasteiger partial charge in [0.25, 0.3) is 0 Å². The maximum absolute atomic E-state index is 4.13. The van der Waals surface area contributed by atoms with E-state index in [4.69, 9.17) is 0 Å². The fourth-order valence-corrected chi connectivity index (χ4v) is 1.51. The summed E-state index contributed by atoms with van der Waals surface area (Å²) < 4.78 is 0. The van der Waals surface area contributed by atoms with E-state index in [9.17, 15) is 0 Å². The number of nitrogens with one attached hydrogen (secondary N) is 1. The average Bonchev–Trinajstić information content (AvgIpc) is 2.29. The lowest BCUT2D eigenvalue weighted by Gasteiger charge is -2.12. The average molecular weight is 218 g/mol. The molecule has 0 saturated heterocycles. The maximum atomic E-state index is 4.13. The summed E-state index contributed by atoms with van der Waals surface area (Å²) in [4.78, 5) is 4.13. The molecule has 16 heavy (non-hydrogen) atoms. The standard InChI is InChI=1S/C14H22N2/c1-4-7-15-11-14(12(2)3)9-13-6-5-8-16-10-13/h5-6,8-10,12,15H,4,7,11H2,1-3H3. The number of hydrogen-bond acceptors (Lipinski definition) is 2. The van der Waals surface area contributed by atoms with Crippen molar-refractivity contribution < 1.29 is 0 Å². The van der Waals surface area contributed by atoms with Crippen molar-refractivity contribution in [2.24, 2.45) is 5.92 Å². The lowest BCUT2D eigenvalue weighted by molar-refractivity contribution is 0.657. The van der Waals surface area contributed by atoms with Gasteiger partial charge in [-0.15, -0.1) is 0 Å². The van der Waals surface area contributed by atoms with Gasteiger partial charge in [0.15, 0.2) is 0 Å². The second kappa shape index (κ2) is 7.18. The Morgan fingerprint density at radius 3 is 2.88 bits per heavy atom. The molecule has 0 aliphatic heterocycles. The van der Waals surface area contributed by atoms with Crippen LogP contribution in [0.3, 0.4) is 0 Å². The van der Waals surface area contributed by atoms with Crippen molar-refractivity contribution in [1.29, 1.82) is 0 Å². The van der Waals surface area contributed by atoms with E-state index < -0.39 is 0 Å². The van der Waals surface area contributed by atoms with Crippen LogP contribution in [0, 0.1) is 5.92 Å². The third-order valence-corrected chi connectivity index (χ3v) is 2.53. The molecule has 1 aromatic heterocycles. The van der Waals surface area contributed by atoms with Crippen LogP contribution in [0.25, 0.3) is 6.08 Å². The van der Waals surface area contributed by atoms with Gasteiger partial charge in [0.05, 0.1) is 0 Å². The van der Waals surface area contributed by atoms with Crippen LogP contribution in [-0.2, 0) is 0 Å². The highest BCUT2D eigenvalue weighted by atomic mass is 14.8. The molecule has 1 heterocycles. The molecule has 1 rings (SSSR count). The number of pyridine rings is 1. The van der Waals surface area contributed by atoms with Crippen molar-refractivity contribution in [2.45, 2.75) is 27.2 Å². The van der Waals surface area contributed by atoms with Crippen molar-refractivity contribution in [3.63, 3.8) is 0 Å². The topological polar surface area (TPSA) is 24.9 Å². The van der Waals surface area contributed by atoms with Gasteiger partial charge in [0.2, 0.25) is 0 Å². The summed E-state index contributed by atoms with van der Waals surface area (Å²) in [5.74, 6) is 0.574. The fourth-order valence-electron chi connectivity index (χ4n) is 1.51. The van der Waals surface area contributed by atoms with Gasteiger partial charge in [-0.25, -0.2) is 0 Å². The molecule has 2 nitrogen and oxygen atoms in total. The van der Waals surface area contributed by atoms with Crippen LogP contribution in [0.2, 0.25) is 0 Å². The van der Waals surface area contributed by atoms with Crippen molar-refractivity contribution in [3.8, 4) is 0 Å². The summed E-state index contributed by atoms with van der Waals surface area (Å²) in [6, 6.07) is 4.07. The molecule has 0 unspecified atom stereocenters. The number of rotatable bonds is 6. The lowest BCUT2D eigenvalue weighted by atomic mass is 10.0. The fraction of sp³-hybridized carbons (Fsp3) is 0.500. The minimum Gasteiger partial charge on any atom is -0.313 e. The van der Waals surface area contributed by atoms with Gasteiger partial charge in [0.1, 0.15) is 0 Å². The quantitative estimate of drug-likeness (QED) is 0.742. The third-order valence-electron chi connectivity index (χ3n) is 2.53. The van der Waals surface area contributed by atoms with Crippen LogP contribution < -0.4 is 5.32 Å². The third kappa shape index (κ3) is 4.58. The van der Waals surface area contributed by atoms with Crippen LogP contribution in [0.4, 0.5) is 0 Å². The molecule has 1 aromatic rings. The van der Waals surface area contributed by atoms with Crippen molar-refractivity contribution >= 4 is 6.08 Å². The van der Waals surface area contributed by atoms with Crippen molar-refractivity contribution in [1.82, 2.24) is 10.3 Å². The van der Waals surface area contributed by atoms with E-state index in [2.05, 4.69) is 43.2 Å². The Bertz CT molecular complexity index is 315. The summed E-state index contributed by atoms with van der Waals surface area (Å²) in [5, 5.41) is 3.45. The SMILES string of the molecule is CCCNCC(=Cc1cccnc1)C(C)C. The molecular weight excluding hydrogens is 196 g/mol. The van der Waals surface area contributed by atoms with Gasteiger partial charge in [0, 0.05) is 18.9 Å². The summed E-state index contributed by atoms with van der Waals surface area (Å²) >= 11 is 0. The van der Waals surface area contributed by atoms with E-state index in [0.717, 1.165) is 13.1 Å².